The number of benzene rings is 6. The second-order valence-electron chi connectivity index (χ2n) is 11.6. The van der Waals surface area contributed by atoms with Gasteiger partial charge in [0.25, 0.3) is 0 Å². The van der Waals surface area contributed by atoms with E-state index in [-0.39, 0.29) is 24.8 Å². The van der Waals surface area contributed by atoms with E-state index in [1.807, 2.05) is 0 Å². The standard InChI is InChI=1S/C23H18.C13H9.C5H5.2ClH.Zr/c1-3-16-22-18(8-1)10-5-12-20(22)14-7-15-21-13-6-11-19-9-2-4-17-23(19)21;1-3-7-12-10(5-1)9-11-6-2-4-8-13(11)12;1-2-4-5-3-1;;;/h1-6,8-13,16-17H,14-15H2;1-9H;1-3H,4H2;2*1H;/q;;;;;+2/p-2. The molecule has 0 radical (unpaired) electrons. The van der Waals surface area contributed by atoms with E-state index >= 15 is 0 Å². The third-order valence-corrected chi connectivity index (χ3v) is 17.5. The molecule has 0 saturated carbocycles. The van der Waals surface area contributed by atoms with Gasteiger partial charge in [0.15, 0.2) is 0 Å². The van der Waals surface area contributed by atoms with Gasteiger partial charge >= 0.3 is 257 Å². The molecule has 0 aromatic heterocycles. The van der Waals surface area contributed by atoms with E-state index in [9.17, 15) is 0 Å². The zero-order chi connectivity index (χ0) is 27.9. The largest absolute Gasteiger partial charge is 1.00 e. The van der Waals surface area contributed by atoms with Gasteiger partial charge in [0.2, 0.25) is 0 Å². The van der Waals surface area contributed by atoms with Crippen molar-refractivity contribution in [3.05, 3.63) is 177 Å². The molecule has 0 fully saturated rings. The Bertz CT molecular complexity index is 1950. The maximum atomic E-state index is 2.49. The molecule has 0 atom stereocenters. The Morgan fingerprint density at radius 3 is 1.55 bits per heavy atom. The van der Waals surface area contributed by atoms with Gasteiger partial charge in [-0.15, -0.1) is 0 Å². The number of fused-ring (bicyclic) bond motifs is 5. The molecule has 0 nitrogen and oxygen atoms in total. The zero-order valence-electron chi connectivity index (χ0n) is 24.4. The molecule has 8 rings (SSSR count). The van der Waals surface area contributed by atoms with Crippen molar-refractivity contribution in [3.8, 4) is 11.1 Å². The molecule has 214 valence electrons. The smallest absolute Gasteiger partial charge is 1.00 e. The number of allylic oxidation sites excluding steroid dienone is 4. The summed E-state index contributed by atoms with van der Waals surface area (Å²) >= 11 is -2.55. The molecule has 2 aliphatic carbocycles. The first kappa shape index (κ1) is 30.7. The van der Waals surface area contributed by atoms with Crippen molar-refractivity contribution < 1.29 is 46.1 Å². The molecule has 0 saturated heterocycles. The van der Waals surface area contributed by atoms with Crippen LogP contribution in [0, 0.1) is 0 Å². The van der Waals surface area contributed by atoms with Gasteiger partial charge in [-0.3, -0.25) is 0 Å². The molecule has 6 aromatic rings. The predicted molar refractivity (Wildman–Crippen MR) is 176 cm³/mol. The van der Waals surface area contributed by atoms with E-state index in [4.69, 9.17) is 0 Å². The molecule has 0 aliphatic heterocycles. The molecule has 3 heteroatoms. The van der Waals surface area contributed by atoms with Crippen molar-refractivity contribution in [1.82, 2.24) is 0 Å². The van der Waals surface area contributed by atoms with Crippen molar-refractivity contribution in [3.63, 3.8) is 0 Å². The van der Waals surface area contributed by atoms with E-state index in [0.29, 0.717) is 3.63 Å². The minimum absolute atomic E-state index is 0. The third-order valence-electron chi connectivity index (χ3n) is 9.19. The third kappa shape index (κ3) is 5.52. The summed E-state index contributed by atoms with van der Waals surface area (Å²) < 4.78 is 4.01. The Morgan fingerprint density at radius 2 is 1.02 bits per heavy atom. The fourth-order valence-electron chi connectivity index (χ4n) is 7.34. The van der Waals surface area contributed by atoms with Gasteiger partial charge in [-0.05, 0) is 0 Å². The number of halogens is 2. The normalized spacial score (nSPS) is 12.9. The summed E-state index contributed by atoms with van der Waals surface area (Å²) in [7, 11) is 0. The minimum atomic E-state index is -2.55. The molecule has 44 heavy (non-hydrogen) atoms. The SMILES string of the molecule is C1=CC[C]([Zr+2](=[C](Cc2cccc3ccccc23)Cc2cccc3ccccc23)[CH]2c3ccccc3-c3ccccc32)=C1.[Cl-].[Cl-]. The number of hydrogen-bond donors (Lipinski definition) is 0. The first-order chi connectivity index (χ1) is 20.8. The molecule has 0 spiro atoms. The molecule has 0 amide bonds. The van der Waals surface area contributed by atoms with Gasteiger partial charge in [0, 0.05) is 0 Å². The summed E-state index contributed by atoms with van der Waals surface area (Å²) in [6.07, 6.45) is 10.4. The van der Waals surface area contributed by atoms with Crippen LogP contribution in [0.2, 0.25) is 0 Å². The van der Waals surface area contributed by atoms with Crippen LogP contribution in [-0.2, 0) is 34.1 Å². The van der Waals surface area contributed by atoms with Crippen LogP contribution < -0.4 is 24.8 Å². The molecule has 0 heterocycles. The van der Waals surface area contributed by atoms with Gasteiger partial charge < -0.3 is 24.8 Å². The van der Waals surface area contributed by atoms with Crippen molar-refractivity contribution in [2.24, 2.45) is 0 Å². The van der Waals surface area contributed by atoms with Crippen molar-refractivity contribution in [2.45, 2.75) is 22.9 Å². The summed E-state index contributed by atoms with van der Waals surface area (Å²) in [5.41, 5.74) is 8.92. The average molecular weight is 687 g/mol. The monoisotopic (exact) mass is 684 g/mol. The average Bonchev–Trinajstić information content (AvgIpc) is 3.69. The van der Waals surface area contributed by atoms with Crippen molar-refractivity contribution in [2.75, 3.05) is 0 Å². The van der Waals surface area contributed by atoms with Gasteiger partial charge in [0.1, 0.15) is 0 Å². The van der Waals surface area contributed by atoms with Crippen LogP contribution in [0.3, 0.4) is 0 Å². The molecule has 0 bridgehead atoms. The van der Waals surface area contributed by atoms with Crippen LogP contribution in [0.5, 0.6) is 0 Å². The van der Waals surface area contributed by atoms with Gasteiger partial charge in [-0.25, -0.2) is 0 Å². The first-order valence-electron chi connectivity index (χ1n) is 15.0. The maximum Gasteiger partial charge on any atom is -1.00 e. The van der Waals surface area contributed by atoms with Gasteiger partial charge in [0.05, 0.1) is 0 Å². The molecular formula is C41H32Cl2Zr. The van der Waals surface area contributed by atoms with E-state index < -0.39 is 21.3 Å². The van der Waals surface area contributed by atoms with Crippen molar-refractivity contribution >= 4 is 24.8 Å². The number of rotatable bonds is 6. The Kier molecular flexibility index (Phi) is 9.30. The van der Waals surface area contributed by atoms with Crippen molar-refractivity contribution in [1.29, 1.82) is 0 Å². The first-order valence-corrected chi connectivity index (χ1v) is 18.9. The maximum absolute atomic E-state index is 2.55. The fraction of sp³-hybridized carbons (Fsp3) is 0.0976. The van der Waals surface area contributed by atoms with Crippen LogP contribution in [0.25, 0.3) is 32.7 Å². The summed E-state index contributed by atoms with van der Waals surface area (Å²) in [5.74, 6) is 0. The molecule has 0 unspecified atom stereocenters. The predicted octanol–water partition coefficient (Wildman–Crippen LogP) is 4.19. The van der Waals surface area contributed by atoms with Crippen LogP contribution in [-0.4, -0.2) is 3.21 Å². The Hall–Kier alpha value is -3.35. The Balaban J connectivity index is 0.00000171. The van der Waals surface area contributed by atoms with E-state index in [1.165, 1.54) is 43.8 Å². The quantitative estimate of drug-likeness (QED) is 0.247. The topological polar surface area (TPSA) is 0 Å². The van der Waals surface area contributed by atoms with E-state index in [1.54, 1.807) is 17.6 Å². The second-order valence-corrected chi connectivity index (χ2v) is 18.3. The fourth-order valence-corrected chi connectivity index (χ4v) is 16.5. The zero-order valence-corrected chi connectivity index (χ0v) is 28.4. The summed E-state index contributed by atoms with van der Waals surface area (Å²) in [6.45, 7) is 0. The Labute approximate surface area is 280 Å². The second kappa shape index (κ2) is 13.3. The number of hydrogen-bond acceptors (Lipinski definition) is 0. The summed E-state index contributed by atoms with van der Waals surface area (Å²) in [6, 6.07) is 50.2. The molecule has 2 aliphatic rings. The summed E-state index contributed by atoms with van der Waals surface area (Å²) in [4.78, 5) is 0. The molecular weight excluding hydrogens is 655 g/mol. The molecule has 0 N–H and O–H groups in total. The Morgan fingerprint density at radius 1 is 0.545 bits per heavy atom. The van der Waals surface area contributed by atoms with Crippen LogP contribution in [0.15, 0.2) is 155 Å². The van der Waals surface area contributed by atoms with E-state index in [2.05, 4.69) is 152 Å². The van der Waals surface area contributed by atoms with Crippen LogP contribution in [0.1, 0.15) is 32.3 Å². The van der Waals surface area contributed by atoms with E-state index in [0.717, 1.165) is 19.3 Å². The van der Waals surface area contributed by atoms with Crippen LogP contribution >= 0.6 is 0 Å². The molecule has 6 aromatic carbocycles. The van der Waals surface area contributed by atoms with Crippen LogP contribution in [0.4, 0.5) is 0 Å². The minimum Gasteiger partial charge on any atom is -1.00 e. The van der Waals surface area contributed by atoms with Gasteiger partial charge in [-0.2, -0.15) is 0 Å². The van der Waals surface area contributed by atoms with Gasteiger partial charge in [-0.1, -0.05) is 0 Å². The summed E-state index contributed by atoms with van der Waals surface area (Å²) in [5, 5.41) is 5.46.